The van der Waals surface area contributed by atoms with Gasteiger partial charge in [0.15, 0.2) is 12.4 Å². The molecule has 0 aliphatic carbocycles. The van der Waals surface area contributed by atoms with E-state index in [9.17, 15) is 48.2 Å². The molecule has 103 heavy (non-hydrogen) atoms. The Hall–Kier alpha value is -3.19. The lowest BCUT2D eigenvalue weighted by Gasteiger charge is -2.45. The van der Waals surface area contributed by atoms with Crippen molar-refractivity contribution in [3.63, 3.8) is 0 Å². The number of nitrogens with zero attached hydrogens (tertiary/aromatic N) is 1. The highest BCUT2D eigenvalue weighted by molar-refractivity contribution is 7.46. The van der Waals surface area contributed by atoms with Gasteiger partial charge in [0, 0.05) is 25.8 Å². The summed E-state index contributed by atoms with van der Waals surface area (Å²) >= 11 is 0. The van der Waals surface area contributed by atoms with Gasteiger partial charge in [-0.25, -0.2) is 4.57 Å². The van der Waals surface area contributed by atoms with Crippen LogP contribution in [0.4, 0.5) is 0 Å². The highest BCUT2D eigenvalue weighted by Gasteiger charge is 2.53. The first kappa shape index (κ1) is 95.9. The average Bonchev–Trinajstić information content (AvgIpc) is 1.01. The van der Waals surface area contributed by atoms with Crippen LogP contribution in [-0.4, -0.2) is 130 Å². The zero-order chi connectivity index (χ0) is 75.2. The monoisotopic (exact) mass is 1480 g/mol. The van der Waals surface area contributed by atoms with Gasteiger partial charge in [-0.15, -0.1) is 0 Å². The van der Waals surface area contributed by atoms with Gasteiger partial charge in [0.25, 0.3) is 0 Å². The first-order valence-corrected chi connectivity index (χ1v) is 44.5. The topological polar surface area (TPSA) is 260 Å². The minimum atomic E-state index is -5.47. The van der Waals surface area contributed by atoms with Crippen molar-refractivity contribution in [2.75, 3.05) is 19.8 Å². The quantitative estimate of drug-likeness (QED) is 0.0191. The van der Waals surface area contributed by atoms with E-state index in [1.807, 2.05) is 0 Å². The summed E-state index contributed by atoms with van der Waals surface area (Å²) in [4.78, 5) is 108. The summed E-state index contributed by atoms with van der Waals surface area (Å²) in [6, 6.07) is -2.10. The molecule has 0 bridgehead atoms. The predicted octanol–water partition coefficient (Wildman–Crippen LogP) is 20.7. The zero-order valence-corrected chi connectivity index (χ0v) is 67.4. The Balaban J connectivity index is 2.62. The van der Waals surface area contributed by atoms with Crippen molar-refractivity contribution in [3.8, 4) is 0 Å². The number of rotatable bonds is 71. The van der Waals surface area contributed by atoms with E-state index < -0.39 is 99.7 Å². The van der Waals surface area contributed by atoms with Crippen molar-refractivity contribution in [3.05, 3.63) is 0 Å². The highest BCUT2D eigenvalue weighted by Crippen LogP contribution is 2.43. The average molecular weight is 1480 g/mol. The predicted molar refractivity (Wildman–Crippen MR) is 412 cm³/mol. The lowest BCUT2D eigenvalue weighted by Crippen LogP contribution is -2.66. The molecule has 20 heteroatoms. The molecular formula is C83H155N2O17P. The van der Waals surface area contributed by atoms with Gasteiger partial charge in [-0.1, -0.05) is 311 Å². The molecule has 2 fully saturated rings. The van der Waals surface area contributed by atoms with E-state index in [1.165, 1.54) is 116 Å². The molecule has 19 nitrogen and oxygen atoms in total. The molecule has 4 N–H and O–H groups in total. The molecule has 2 aliphatic rings. The third-order valence-electron chi connectivity index (χ3n) is 20.8. The first-order chi connectivity index (χ1) is 50.0. The van der Waals surface area contributed by atoms with Gasteiger partial charge in [-0.05, 0) is 70.6 Å². The van der Waals surface area contributed by atoms with E-state index in [4.69, 9.17) is 32.9 Å². The maximum absolute atomic E-state index is 14.9. The van der Waals surface area contributed by atoms with Crippen molar-refractivity contribution in [2.45, 2.75) is 475 Å². The van der Waals surface area contributed by atoms with Crippen LogP contribution in [0.15, 0.2) is 0 Å². The van der Waals surface area contributed by atoms with Crippen LogP contribution in [0.25, 0.3) is 0 Å². The summed E-state index contributed by atoms with van der Waals surface area (Å²) in [5.74, 6) is -2.94. The third-order valence-corrected chi connectivity index (χ3v) is 21.3. The van der Waals surface area contributed by atoms with E-state index in [0.717, 1.165) is 167 Å². The molecule has 0 aromatic heterocycles. The Labute approximate surface area is 627 Å². The molecule has 0 aromatic rings. The normalized spacial score (nSPS) is 18.6. The number of aliphatic hydroxyl groups is 1. The van der Waals surface area contributed by atoms with Gasteiger partial charge in [-0.2, -0.15) is 0 Å². The number of carbonyl (C=O) groups is 6. The van der Waals surface area contributed by atoms with Crippen molar-refractivity contribution in [1.29, 1.82) is 0 Å². The first-order valence-electron chi connectivity index (χ1n) is 43.0. The van der Waals surface area contributed by atoms with Crippen LogP contribution in [0.2, 0.25) is 0 Å². The van der Waals surface area contributed by atoms with E-state index in [-0.39, 0.29) is 50.6 Å². The van der Waals surface area contributed by atoms with Gasteiger partial charge < -0.3 is 53.5 Å². The maximum Gasteiger partial charge on any atom is 0.470 e. The van der Waals surface area contributed by atoms with Crippen molar-refractivity contribution in [1.82, 2.24) is 10.2 Å². The number of unbranched alkanes of at least 4 members (excludes halogenated alkanes) is 42. The Morgan fingerprint density at radius 1 is 0.437 bits per heavy atom. The summed E-state index contributed by atoms with van der Waals surface area (Å²) in [5.41, 5.74) is 0. The van der Waals surface area contributed by atoms with Gasteiger partial charge in [-0.3, -0.25) is 33.3 Å². The molecule has 2 heterocycles. The summed E-state index contributed by atoms with van der Waals surface area (Å²) in [5, 5.41) is 14.0. The Kier molecular flexibility index (Phi) is 60.3. The smallest absolute Gasteiger partial charge is 0.462 e. The molecule has 9 atom stereocenters. The van der Waals surface area contributed by atoms with Crippen LogP contribution < -0.4 is 5.32 Å². The maximum atomic E-state index is 14.9. The van der Waals surface area contributed by atoms with E-state index >= 15 is 0 Å². The van der Waals surface area contributed by atoms with E-state index in [2.05, 4.69) is 46.9 Å². The number of phosphoric ester groups is 1. The lowest BCUT2D eigenvalue weighted by molar-refractivity contribution is -0.273. The number of amides is 2. The number of ether oxygens (including phenoxy) is 6. The van der Waals surface area contributed by atoms with Gasteiger partial charge in [0.2, 0.25) is 11.8 Å². The van der Waals surface area contributed by atoms with Crippen molar-refractivity contribution >= 4 is 43.5 Å². The van der Waals surface area contributed by atoms with Crippen LogP contribution in [0, 0.1) is 0 Å². The van der Waals surface area contributed by atoms with Gasteiger partial charge >= 0.3 is 31.7 Å². The number of likely N-dealkylation sites (tertiary alicyclic amines) is 1. The number of phosphoric acid groups is 1. The molecule has 0 saturated carbocycles. The second-order valence-electron chi connectivity index (χ2n) is 30.5. The number of aliphatic hydroxyl groups excluding tert-OH is 1. The number of hydrogen-bond acceptors (Lipinski definition) is 15. The Morgan fingerprint density at radius 3 is 1.12 bits per heavy atom. The minimum absolute atomic E-state index is 0.0146. The molecule has 2 unspecified atom stereocenters. The molecule has 604 valence electrons. The molecule has 0 aromatic carbocycles. The summed E-state index contributed by atoms with van der Waals surface area (Å²) in [6.45, 7) is 12.5. The molecule has 0 spiro atoms. The molecular weight excluding hydrogens is 1330 g/mol. The number of carbonyl (C=O) groups excluding carboxylic acids is 6. The number of esters is 4. The number of hydrogen-bond donors (Lipinski definition) is 4. The van der Waals surface area contributed by atoms with Crippen molar-refractivity contribution < 1.29 is 81.2 Å². The summed E-state index contributed by atoms with van der Waals surface area (Å²) in [7, 11) is -5.47. The molecule has 2 aliphatic heterocycles. The fraction of sp³-hybridized carbons (Fsp3) is 0.928. The summed E-state index contributed by atoms with van der Waals surface area (Å²) < 4.78 is 56.2. The summed E-state index contributed by atoms with van der Waals surface area (Å²) in [6.07, 6.45) is 43.7. The lowest BCUT2D eigenvalue weighted by atomic mass is 9.95. The molecule has 2 rings (SSSR count). The second-order valence-corrected chi connectivity index (χ2v) is 31.7. The molecule has 2 amide bonds. The van der Waals surface area contributed by atoms with Gasteiger partial charge in [0.05, 0.1) is 38.5 Å². The Morgan fingerprint density at radius 2 is 0.767 bits per heavy atom. The third kappa shape index (κ3) is 51.0. The largest absolute Gasteiger partial charge is 0.470 e. The van der Waals surface area contributed by atoms with Crippen LogP contribution in [0.3, 0.4) is 0 Å². The molecule has 0 radical (unpaired) electrons. The standard InChI is InChI=1S/C83H155N2O17P/c1-7-13-19-25-31-34-40-43-49-57-70(97-76(89)60-52-46-37-28-22-16-10-4)64-74(87)84-80-82(101-79(92)66-72(59-51-45-42-36-33-27-21-15-9-3)99-78(91)62-54-48-39-30-24-18-12-6)81(102-103(93,94)95)73(67-86)100-83(80)96-68-69-56-55-63-85(69)75(88)65-71(58-50-44-41-35-32-26-20-14-8-2)98-77(90)61-53-47-38-29-23-17-11-5/h69-73,80-83,86H,7-68H2,1-6H3,(H,84,87)(H2,93,94,95)/t69-,70+,71+,72+,73?,80?,81+,82+,83+/m0/s1. The van der Waals surface area contributed by atoms with Crippen molar-refractivity contribution in [2.24, 2.45) is 0 Å². The Bertz CT molecular complexity index is 2150. The molecule has 2 saturated heterocycles. The van der Waals surface area contributed by atoms with Crippen LogP contribution >= 0.6 is 7.82 Å². The van der Waals surface area contributed by atoms with Crippen LogP contribution in [-0.2, 0) is 66.3 Å². The van der Waals surface area contributed by atoms with E-state index in [1.54, 1.807) is 4.90 Å². The fourth-order valence-corrected chi connectivity index (χ4v) is 15.1. The minimum Gasteiger partial charge on any atom is -0.462 e. The zero-order valence-electron chi connectivity index (χ0n) is 66.5. The number of nitrogens with one attached hydrogen (secondary N) is 1. The van der Waals surface area contributed by atoms with Crippen LogP contribution in [0.1, 0.15) is 420 Å². The highest BCUT2D eigenvalue weighted by atomic mass is 31.2. The van der Waals surface area contributed by atoms with Gasteiger partial charge in [0.1, 0.15) is 36.6 Å². The fourth-order valence-electron chi connectivity index (χ4n) is 14.5. The second kappa shape index (κ2) is 64.8. The SMILES string of the molecule is CCCCCCCCCCC[C@H](CC(=O)NC1[C@H](OC[C@@H]2CCCN2C(=O)C[C@@H](CCCCCCCCCCC)OC(=O)CCCCCCCCC)OC(CO)[C@@H](OP(=O)(O)O)[C@@H]1OC(=O)C[C@@H](CCCCCCCCCCC)OC(=O)CCCCCCCCC)OC(=O)CCCCCCCCC. The van der Waals surface area contributed by atoms with Crippen LogP contribution in [0.5, 0.6) is 0 Å². The van der Waals surface area contributed by atoms with E-state index in [0.29, 0.717) is 64.3 Å².